The molecule has 1 unspecified atom stereocenters. The van der Waals surface area contributed by atoms with Crippen LogP contribution >= 0.6 is 0 Å². The SMILES string of the molecule is CCCNC(CC(=O)OCC)c1cccc(OC)c1OC. The Morgan fingerprint density at radius 3 is 2.57 bits per heavy atom. The van der Waals surface area contributed by atoms with Crippen LogP contribution in [0.4, 0.5) is 0 Å². The molecule has 0 aromatic heterocycles. The maximum atomic E-state index is 11.8. The standard InChI is InChI=1S/C16H25NO4/c1-5-10-17-13(11-15(18)21-6-2)12-8-7-9-14(19-3)16(12)20-4/h7-9,13,17H,5-6,10-11H2,1-4H3. The van der Waals surface area contributed by atoms with Crippen LogP contribution in [-0.4, -0.2) is 33.3 Å². The lowest BCUT2D eigenvalue weighted by atomic mass is 10.0. The van der Waals surface area contributed by atoms with Crippen molar-refractivity contribution in [2.45, 2.75) is 32.7 Å². The van der Waals surface area contributed by atoms with Crippen LogP contribution in [0.5, 0.6) is 11.5 Å². The summed E-state index contributed by atoms with van der Waals surface area (Å²) in [6.07, 6.45) is 1.24. The molecule has 0 saturated carbocycles. The first kappa shape index (κ1) is 17.3. The van der Waals surface area contributed by atoms with Crippen LogP contribution in [0.1, 0.15) is 38.3 Å². The quantitative estimate of drug-likeness (QED) is 0.710. The van der Waals surface area contributed by atoms with Gasteiger partial charge >= 0.3 is 5.97 Å². The molecule has 0 fully saturated rings. The third-order valence-corrected chi connectivity index (χ3v) is 3.13. The molecule has 5 nitrogen and oxygen atoms in total. The van der Waals surface area contributed by atoms with Gasteiger partial charge in [-0.1, -0.05) is 19.1 Å². The highest BCUT2D eigenvalue weighted by atomic mass is 16.5. The molecule has 0 aliphatic rings. The Morgan fingerprint density at radius 2 is 2.00 bits per heavy atom. The Morgan fingerprint density at radius 1 is 1.24 bits per heavy atom. The number of benzene rings is 1. The van der Waals surface area contributed by atoms with Gasteiger partial charge in [0.1, 0.15) is 0 Å². The molecule has 1 aromatic rings. The second kappa shape index (κ2) is 9.23. The summed E-state index contributed by atoms with van der Waals surface area (Å²) in [6, 6.07) is 5.51. The van der Waals surface area contributed by atoms with E-state index in [9.17, 15) is 4.79 Å². The lowest BCUT2D eigenvalue weighted by Crippen LogP contribution is -2.26. The van der Waals surface area contributed by atoms with Crippen LogP contribution < -0.4 is 14.8 Å². The van der Waals surface area contributed by atoms with E-state index >= 15 is 0 Å². The number of rotatable bonds is 9. The van der Waals surface area contributed by atoms with Gasteiger partial charge in [-0.3, -0.25) is 4.79 Å². The van der Waals surface area contributed by atoms with E-state index in [2.05, 4.69) is 12.2 Å². The van der Waals surface area contributed by atoms with Gasteiger partial charge in [-0.05, 0) is 26.0 Å². The number of hydrogen-bond acceptors (Lipinski definition) is 5. The third kappa shape index (κ3) is 4.93. The van der Waals surface area contributed by atoms with Crippen molar-refractivity contribution in [2.75, 3.05) is 27.4 Å². The maximum Gasteiger partial charge on any atom is 0.307 e. The van der Waals surface area contributed by atoms with Gasteiger partial charge in [-0.15, -0.1) is 0 Å². The van der Waals surface area contributed by atoms with E-state index in [0.717, 1.165) is 18.5 Å². The zero-order valence-electron chi connectivity index (χ0n) is 13.3. The zero-order chi connectivity index (χ0) is 15.7. The van der Waals surface area contributed by atoms with Crippen molar-refractivity contribution in [1.82, 2.24) is 5.32 Å². The Hall–Kier alpha value is -1.75. The van der Waals surface area contributed by atoms with Gasteiger partial charge in [0.05, 0.1) is 27.2 Å². The van der Waals surface area contributed by atoms with Crippen molar-refractivity contribution < 1.29 is 19.0 Å². The van der Waals surface area contributed by atoms with Gasteiger partial charge in [0.15, 0.2) is 11.5 Å². The molecule has 1 atom stereocenters. The molecular formula is C16H25NO4. The van der Waals surface area contributed by atoms with Crippen molar-refractivity contribution in [1.29, 1.82) is 0 Å². The molecule has 0 heterocycles. The number of esters is 1. The fourth-order valence-corrected chi connectivity index (χ4v) is 2.18. The van der Waals surface area contributed by atoms with E-state index in [4.69, 9.17) is 14.2 Å². The summed E-state index contributed by atoms with van der Waals surface area (Å²) in [7, 11) is 3.20. The fourth-order valence-electron chi connectivity index (χ4n) is 2.18. The van der Waals surface area contributed by atoms with E-state index < -0.39 is 0 Å². The second-order valence-electron chi connectivity index (χ2n) is 4.60. The van der Waals surface area contributed by atoms with Crippen LogP contribution in [-0.2, 0) is 9.53 Å². The molecule has 0 spiro atoms. The highest BCUT2D eigenvalue weighted by molar-refractivity contribution is 5.71. The van der Waals surface area contributed by atoms with Gasteiger partial charge < -0.3 is 19.5 Å². The number of carbonyl (C=O) groups excluding carboxylic acids is 1. The Labute approximate surface area is 126 Å². The monoisotopic (exact) mass is 295 g/mol. The van der Waals surface area contributed by atoms with Gasteiger partial charge in [0, 0.05) is 11.6 Å². The minimum Gasteiger partial charge on any atom is -0.493 e. The third-order valence-electron chi connectivity index (χ3n) is 3.13. The predicted molar refractivity (Wildman–Crippen MR) is 81.8 cm³/mol. The first-order valence-corrected chi connectivity index (χ1v) is 7.27. The van der Waals surface area contributed by atoms with Crippen LogP contribution in [0.2, 0.25) is 0 Å². The second-order valence-corrected chi connectivity index (χ2v) is 4.60. The average molecular weight is 295 g/mol. The molecule has 1 rings (SSSR count). The topological polar surface area (TPSA) is 56.8 Å². The van der Waals surface area contributed by atoms with Crippen LogP contribution in [0, 0.1) is 0 Å². The van der Waals surface area contributed by atoms with Crippen molar-refractivity contribution in [3.8, 4) is 11.5 Å². The van der Waals surface area contributed by atoms with Gasteiger partial charge in [0.25, 0.3) is 0 Å². The molecule has 0 bridgehead atoms. The van der Waals surface area contributed by atoms with Gasteiger partial charge in [-0.2, -0.15) is 0 Å². The van der Waals surface area contributed by atoms with Crippen molar-refractivity contribution >= 4 is 5.97 Å². The summed E-state index contributed by atoms with van der Waals surface area (Å²) < 4.78 is 15.8. The van der Waals surface area contributed by atoms with Gasteiger partial charge in [0.2, 0.25) is 0 Å². The average Bonchev–Trinajstić information content (AvgIpc) is 2.50. The van der Waals surface area contributed by atoms with E-state index in [1.54, 1.807) is 21.1 Å². The molecular weight excluding hydrogens is 270 g/mol. The Bertz CT molecular complexity index is 448. The van der Waals surface area contributed by atoms with Crippen LogP contribution in [0.15, 0.2) is 18.2 Å². The highest BCUT2D eigenvalue weighted by Gasteiger charge is 2.21. The first-order valence-electron chi connectivity index (χ1n) is 7.27. The number of ether oxygens (including phenoxy) is 3. The Balaban J connectivity index is 3.04. The number of carbonyl (C=O) groups is 1. The molecule has 1 aromatic carbocycles. The minimum absolute atomic E-state index is 0.158. The van der Waals surface area contributed by atoms with E-state index in [1.165, 1.54) is 0 Å². The molecule has 0 amide bonds. The van der Waals surface area contributed by atoms with Crippen molar-refractivity contribution in [3.63, 3.8) is 0 Å². The zero-order valence-corrected chi connectivity index (χ0v) is 13.3. The number of para-hydroxylation sites is 1. The summed E-state index contributed by atoms with van der Waals surface area (Å²) in [5.74, 6) is 1.08. The van der Waals surface area contributed by atoms with Crippen LogP contribution in [0.25, 0.3) is 0 Å². The lowest BCUT2D eigenvalue weighted by molar-refractivity contribution is -0.143. The molecule has 1 N–H and O–H groups in total. The summed E-state index contributed by atoms with van der Waals surface area (Å²) in [6.45, 7) is 5.08. The molecule has 0 saturated heterocycles. The number of hydrogen-bond donors (Lipinski definition) is 1. The van der Waals surface area contributed by atoms with E-state index in [1.807, 2.05) is 18.2 Å². The van der Waals surface area contributed by atoms with Crippen molar-refractivity contribution in [3.05, 3.63) is 23.8 Å². The number of nitrogens with one attached hydrogen (secondary N) is 1. The molecule has 0 aliphatic carbocycles. The fraction of sp³-hybridized carbons (Fsp3) is 0.562. The van der Waals surface area contributed by atoms with E-state index in [-0.39, 0.29) is 18.4 Å². The molecule has 0 radical (unpaired) electrons. The predicted octanol–water partition coefficient (Wildman–Crippen LogP) is 2.70. The van der Waals surface area contributed by atoms with Crippen molar-refractivity contribution in [2.24, 2.45) is 0 Å². The van der Waals surface area contributed by atoms with Crippen LogP contribution in [0.3, 0.4) is 0 Å². The highest BCUT2D eigenvalue weighted by Crippen LogP contribution is 2.35. The first-order chi connectivity index (χ1) is 10.2. The van der Waals surface area contributed by atoms with Gasteiger partial charge in [-0.25, -0.2) is 0 Å². The molecule has 21 heavy (non-hydrogen) atoms. The maximum absolute atomic E-state index is 11.8. The summed E-state index contributed by atoms with van der Waals surface area (Å²) >= 11 is 0. The molecule has 5 heteroatoms. The van der Waals surface area contributed by atoms with E-state index in [0.29, 0.717) is 18.1 Å². The summed E-state index contributed by atoms with van der Waals surface area (Å²) in [5.41, 5.74) is 0.901. The summed E-state index contributed by atoms with van der Waals surface area (Å²) in [5, 5.41) is 3.36. The molecule has 118 valence electrons. The summed E-state index contributed by atoms with van der Waals surface area (Å²) in [4.78, 5) is 11.8. The largest absolute Gasteiger partial charge is 0.493 e. The minimum atomic E-state index is -0.226. The molecule has 0 aliphatic heterocycles. The normalized spacial score (nSPS) is 11.8. The Kier molecular flexibility index (Phi) is 7.61. The number of methoxy groups -OCH3 is 2. The lowest BCUT2D eigenvalue weighted by Gasteiger charge is -2.21. The smallest absolute Gasteiger partial charge is 0.307 e.